The van der Waals surface area contributed by atoms with Crippen LogP contribution in [0.1, 0.15) is 0 Å². The molecule has 0 fully saturated rings. The first kappa shape index (κ1) is 16.3. The van der Waals surface area contributed by atoms with Crippen molar-refractivity contribution >= 4 is 27.3 Å². The molecule has 1 atom stereocenters. The molecule has 126 valence electrons. The van der Waals surface area contributed by atoms with Gasteiger partial charge in [0.15, 0.2) is 17.8 Å². The maximum absolute atomic E-state index is 13.3. The van der Waals surface area contributed by atoms with Crippen LogP contribution in [0.25, 0.3) is 0 Å². The Labute approximate surface area is 134 Å². The third-order valence-electron chi connectivity index (χ3n) is 3.25. The third kappa shape index (κ3) is 3.05. The first-order chi connectivity index (χ1) is 11.3. The van der Waals surface area contributed by atoms with Crippen LogP contribution in [0.3, 0.4) is 0 Å². The van der Waals surface area contributed by atoms with Crippen LogP contribution in [-0.2, 0) is 14.8 Å². The Balaban J connectivity index is 1.85. The van der Waals surface area contributed by atoms with Gasteiger partial charge in [0.25, 0.3) is 5.91 Å². The quantitative estimate of drug-likeness (QED) is 0.765. The van der Waals surface area contributed by atoms with Gasteiger partial charge in [-0.1, -0.05) is 0 Å². The molecule has 1 heterocycles. The molecule has 0 aromatic heterocycles. The van der Waals surface area contributed by atoms with E-state index in [2.05, 4.69) is 15.4 Å². The first-order valence-corrected chi connectivity index (χ1v) is 8.09. The Kier molecular flexibility index (Phi) is 3.93. The lowest BCUT2D eigenvalue weighted by Crippen LogP contribution is -2.51. The van der Waals surface area contributed by atoms with Crippen molar-refractivity contribution in [2.24, 2.45) is 0 Å². The summed E-state index contributed by atoms with van der Waals surface area (Å²) in [6, 6.07) is 5.64. The monoisotopic (exact) mass is 357 g/mol. The average Bonchev–Trinajstić information content (AvgIpc) is 2.49. The van der Waals surface area contributed by atoms with Gasteiger partial charge in [-0.25, -0.2) is 21.6 Å². The zero-order chi connectivity index (χ0) is 17.5. The van der Waals surface area contributed by atoms with Gasteiger partial charge < -0.3 is 10.6 Å². The smallest absolute Gasteiger partial charge is 0.262 e. The molecule has 6 nitrogen and oxygen atoms in total. The highest BCUT2D eigenvalue weighted by Crippen LogP contribution is 2.27. The summed E-state index contributed by atoms with van der Waals surface area (Å²) in [6.07, 6.45) is -1.45. The predicted molar refractivity (Wildman–Crippen MR) is 79.1 cm³/mol. The molecule has 1 aliphatic heterocycles. The molecule has 2 aromatic rings. The molecule has 0 spiro atoms. The van der Waals surface area contributed by atoms with Gasteiger partial charge in [0, 0.05) is 11.8 Å². The molecule has 0 bridgehead atoms. The minimum absolute atomic E-state index is 0.0649. The number of rotatable bonds is 2. The molecule has 0 saturated heterocycles. The van der Waals surface area contributed by atoms with Crippen molar-refractivity contribution in [2.75, 3.05) is 10.6 Å². The third-order valence-corrected chi connectivity index (χ3v) is 4.73. The molecule has 1 amide bonds. The molecule has 0 saturated carbocycles. The molecule has 1 aliphatic rings. The fourth-order valence-corrected chi connectivity index (χ4v) is 3.42. The predicted octanol–water partition coefficient (Wildman–Crippen LogP) is 1.77. The van der Waals surface area contributed by atoms with E-state index in [1.807, 2.05) is 0 Å². The van der Waals surface area contributed by atoms with Crippen molar-refractivity contribution in [1.29, 1.82) is 0 Å². The SMILES string of the molecule is O=C(Nc1ccc(F)c(F)c1)[C@@H]1Nc2cc(F)ccc2S(=O)(=O)N1. The summed E-state index contributed by atoms with van der Waals surface area (Å²) in [6.45, 7) is 0. The van der Waals surface area contributed by atoms with Crippen molar-refractivity contribution in [2.45, 2.75) is 11.1 Å². The van der Waals surface area contributed by atoms with Crippen molar-refractivity contribution in [3.63, 3.8) is 0 Å². The number of carbonyl (C=O) groups is 1. The van der Waals surface area contributed by atoms with E-state index in [1.54, 1.807) is 0 Å². The highest BCUT2D eigenvalue weighted by atomic mass is 32.2. The Morgan fingerprint density at radius 1 is 1.04 bits per heavy atom. The maximum Gasteiger partial charge on any atom is 0.262 e. The fraction of sp³-hybridized carbons (Fsp3) is 0.0714. The molecular weight excluding hydrogens is 347 g/mol. The Morgan fingerprint density at radius 2 is 1.79 bits per heavy atom. The lowest BCUT2D eigenvalue weighted by atomic mass is 10.2. The second-order valence-electron chi connectivity index (χ2n) is 4.96. The van der Waals surface area contributed by atoms with Gasteiger partial charge in [-0.05, 0) is 30.3 Å². The van der Waals surface area contributed by atoms with Crippen LogP contribution in [0.4, 0.5) is 24.5 Å². The lowest BCUT2D eigenvalue weighted by Gasteiger charge is -2.27. The number of sulfonamides is 1. The minimum atomic E-state index is -4.03. The largest absolute Gasteiger partial charge is 0.360 e. The number of hydrogen-bond donors (Lipinski definition) is 3. The Bertz CT molecular complexity index is 934. The van der Waals surface area contributed by atoms with Gasteiger partial charge in [-0.15, -0.1) is 0 Å². The second-order valence-corrected chi connectivity index (χ2v) is 6.64. The summed E-state index contributed by atoms with van der Waals surface area (Å²) < 4.78 is 65.5. The molecule has 0 radical (unpaired) electrons. The number of halogens is 3. The highest BCUT2D eigenvalue weighted by molar-refractivity contribution is 7.89. The van der Waals surface area contributed by atoms with E-state index in [0.29, 0.717) is 0 Å². The molecule has 3 rings (SSSR count). The number of fused-ring (bicyclic) bond motifs is 1. The topological polar surface area (TPSA) is 87.3 Å². The van der Waals surface area contributed by atoms with Gasteiger partial charge in [-0.3, -0.25) is 4.79 Å². The molecule has 3 N–H and O–H groups in total. The van der Waals surface area contributed by atoms with Crippen LogP contribution >= 0.6 is 0 Å². The first-order valence-electron chi connectivity index (χ1n) is 6.60. The van der Waals surface area contributed by atoms with E-state index >= 15 is 0 Å². The lowest BCUT2D eigenvalue weighted by molar-refractivity contribution is -0.117. The van der Waals surface area contributed by atoms with Gasteiger partial charge in [0.1, 0.15) is 10.7 Å². The summed E-state index contributed by atoms with van der Waals surface area (Å²) in [4.78, 5) is 11.9. The van der Waals surface area contributed by atoms with Gasteiger partial charge in [-0.2, -0.15) is 4.72 Å². The zero-order valence-corrected chi connectivity index (χ0v) is 12.6. The average molecular weight is 357 g/mol. The van der Waals surface area contributed by atoms with E-state index in [4.69, 9.17) is 0 Å². The normalized spacial score (nSPS) is 18.4. The zero-order valence-electron chi connectivity index (χ0n) is 11.8. The van der Waals surface area contributed by atoms with E-state index in [1.165, 1.54) is 0 Å². The number of hydrogen-bond acceptors (Lipinski definition) is 4. The molecule has 0 aliphatic carbocycles. The van der Waals surface area contributed by atoms with Crippen LogP contribution < -0.4 is 15.4 Å². The van der Waals surface area contributed by atoms with Crippen molar-refractivity contribution < 1.29 is 26.4 Å². The Morgan fingerprint density at radius 3 is 2.50 bits per heavy atom. The van der Waals surface area contributed by atoms with E-state index < -0.39 is 39.5 Å². The van der Waals surface area contributed by atoms with Crippen LogP contribution in [0.15, 0.2) is 41.3 Å². The highest BCUT2D eigenvalue weighted by Gasteiger charge is 2.33. The second kappa shape index (κ2) is 5.80. The fourth-order valence-electron chi connectivity index (χ4n) is 2.16. The molecule has 10 heteroatoms. The molecule has 0 unspecified atom stereocenters. The minimum Gasteiger partial charge on any atom is -0.360 e. The summed E-state index contributed by atoms with van der Waals surface area (Å²) in [5.74, 6) is -3.82. The van der Waals surface area contributed by atoms with Crippen LogP contribution in [0.2, 0.25) is 0 Å². The molecule has 24 heavy (non-hydrogen) atoms. The van der Waals surface area contributed by atoms with E-state index in [9.17, 15) is 26.4 Å². The van der Waals surface area contributed by atoms with Crippen LogP contribution in [-0.4, -0.2) is 20.5 Å². The van der Waals surface area contributed by atoms with Crippen molar-refractivity contribution in [3.8, 4) is 0 Å². The number of nitrogens with one attached hydrogen (secondary N) is 3. The van der Waals surface area contributed by atoms with Crippen LogP contribution in [0.5, 0.6) is 0 Å². The van der Waals surface area contributed by atoms with Gasteiger partial charge >= 0.3 is 0 Å². The number of amides is 1. The number of carbonyl (C=O) groups excluding carboxylic acids is 1. The maximum atomic E-state index is 13.3. The van der Waals surface area contributed by atoms with E-state index in [-0.39, 0.29) is 16.3 Å². The number of benzene rings is 2. The van der Waals surface area contributed by atoms with Crippen LogP contribution in [0, 0.1) is 17.5 Å². The van der Waals surface area contributed by atoms with Gasteiger partial charge in [0.05, 0.1) is 5.69 Å². The molecule has 2 aromatic carbocycles. The standard InChI is InChI=1S/C14H10F3N3O3S/c15-7-1-4-12-11(5-7)19-13(20-24(12,22)23)14(21)18-8-2-3-9(16)10(17)6-8/h1-6,13,19-20H,(H,18,21)/t13-/m1/s1. The van der Waals surface area contributed by atoms with Crippen molar-refractivity contribution in [1.82, 2.24) is 4.72 Å². The summed E-state index contributed by atoms with van der Waals surface area (Å²) >= 11 is 0. The van der Waals surface area contributed by atoms with E-state index in [0.717, 1.165) is 36.4 Å². The van der Waals surface area contributed by atoms with Crippen molar-refractivity contribution in [3.05, 3.63) is 53.8 Å². The number of anilines is 2. The van der Waals surface area contributed by atoms with Gasteiger partial charge in [0.2, 0.25) is 10.0 Å². The molecular formula is C14H10F3N3O3S. The summed E-state index contributed by atoms with van der Waals surface area (Å²) in [5.41, 5.74) is -0.149. The Hall–Kier alpha value is -2.59. The summed E-state index contributed by atoms with van der Waals surface area (Å²) in [5, 5.41) is 4.76. The summed E-state index contributed by atoms with van der Waals surface area (Å²) in [7, 11) is -4.03.